The van der Waals surface area contributed by atoms with Crippen LogP contribution >= 0.6 is 12.2 Å². The van der Waals surface area contributed by atoms with Gasteiger partial charge in [-0.25, -0.2) is 0 Å². The quantitative estimate of drug-likeness (QED) is 0.793. The average Bonchev–Trinajstić information content (AvgIpc) is 2.69. The van der Waals surface area contributed by atoms with Gasteiger partial charge in [0.15, 0.2) is 5.11 Å². The highest BCUT2D eigenvalue weighted by molar-refractivity contribution is 7.80. The first-order chi connectivity index (χ1) is 8.54. The molecule has 3 heteroatoms. The second-order valence-corrected chi connectivity index (χ2v) is 5.92. The van der Waals surface area contributed by atoms with Gasteiger partial charge < -0.3 is 10.6 Å². The van der Waals surface area contributed by atoms with Crippen molar-refractivity contribution in [1.29, 1.82) is 0 Å². The van der Waals surface area contributed by atoms with Crippen molar-refractivity contribution in [3.63, 3.8) is 0 Å². The molecule has 1 aromatic rings. The molecule has 0 saturated heterocycles. The van der Waals surface area contributed by atoms with Gasteiger partial charge in [0.05, 0.1) is 0 Å². The van der Waals surface area contributed by atoms with Crippen LogP contribution in [0.3, 0.4) is 0 Å². The fourth-order valence-corrected chi connectivity index (χ4v) is 2.79. The summed E-state index contributed by atoms with van der Waals surface area (Å²) < 4.78 is 0. The van der Waals surface area contributed by atoms with Gasteiger partial charge in [0.2, 0.25) is 0 Å². The molecular weight excluding hydrogens is 240 g/mol. The number of rotatable bonds is 2. The van der Waals surface area contributed by atoms with Gasteiger partial charge in [-0.1, -0.05) is 13.0 Å². The number of hydrogen-bond acceptors (Lipinski definition) is 1. The predicted octanol–water partition coefficient (Wildman–Crippen LogP) is 3.78. The Hall–Kier alpha value is -1.09. The molecule has 98 valence electrons. The first kappa shape index (κ1) is 13.3. The summed E-state index contributed by atoms with van der Waals surface area (Å²) in [5, 5.41) is 7.43. The molecule has 0 aliphatic heterocycles. The zero-order valence-electron chi connectivity index (χ0n) is 11.4. The zero-order chi connectivity index (χ0) is 13.1. The van der Waals surface area contributed by atoms with Crippen molar-refractivity contribution in [2.45, 2.75) is 46.1 Å². The third-order valence-electron chi connectivity index (χ3n) is 3.79. The van der Waals surface area contributed by atoms with Crippen molar-refractivity contribution in [3.05, 3.63) is 29.3 Å². The Balaban J connectivity index is 1.89. The molecule has 2 nitrogen and oxygen atoms in total. The van der Waals surface area contributed by atoms with E-state index in [1.54, 1.807) is 0 Å². The highest BCUT2D eigenvalue weighted by atomic mass is 32.1. The van der Waals surface area contributed by atoms with E-state index in [0.717, 1.165) is 16.7 Å². The van der Waals surface area contributed by atoms with Crippen LogP contribution in [0.25, 0.3) is 0 Å². The van der Waals surface area contributed by atoms with Gasteiger partial charge in [-0.3, -0.25) is 0 Å². The molecule has 18 heavy (non-hydrogen) atoms. The Kier molecular flexibility index (Phi) is 4.23. The van der Waals surface area contributed by atoms with E-state index in [1.165, 1.54) is 30.4 Å². The number of nitrogens with one attached hydrogen (secondary N) is 2. The van der Waals surface area contributed by atoms with E-state index in [9.17, 15) is 0 Å². The van der Waals surface area contributed by atoms with E-state index in [1.807, 2.05) is 0 Å². The second-order valence-electron chi connectivity index (χ2n) is 5.51. The molecule has 1 aromatic carbocycles. The van der Waals surface area contributed by atoms with Gasteiger partial charge in [-0.05, 0) is 74.5 Å². The first-order valence-corrected chi connectivity index (χ1v) is 7.10. The van der Waals surface area contributed by atoms with Crippen molar-refractivity contribution < 1.29 is 0 Å². The van der Waals surface area contributed by atoms with E-state index in [0.29, 0.717) is 6.04 Å². The SMILES string of the molecule is Cc1ccc(NC(=S)NC2CCC(C)C2)cc1C. The van der Waals surface area contributed by atoms with Gasteiger partial charge in [-0.15, -0.1) is 0 Å². The molecule has 0 radical (unpaired) electrons. The molecule has 0 bridgehead atoms. The summed E-state index contributed by atoms with van der Waals surface area (Å²) in [6.45, 7) is 6.55. The highest BCUT2D eigenvalue weighted by Crippen LogP contribution is 2.24. The maximum Gasteiger partial charge on any atom is 0.170 e. The van der Waals surface area contributed by atoms with Crippen LogP contribution in [-0.4, -0.2) is 11.2 Å². The van der Waals surface area contributed by atoms with Crippen LogP contribution < -0.4 is 10.6 Å². The van der Waals surface area contributed by atoms with Crippen LogP contribution in [0, 0.1) is 19.8 Å². The number of benzene rings is 1. The summed E-state index contributed by atoms with van der Waals surface area (Å²) in [7, 11) is 0. The Morgan fingerprint density at radius 3 is 2.61 bits per heavy atom. The van der Waals surface area contributed by atoms with E-state index in [-0.39, 0.29) is 0 Å². The fourth-order valence-electron chi connectivity index (χ4n) is 2.51. The maximum absolute atomic E-state index is 5.37. The third kappa shape index (κ3) is 3.45. The molecule has 1 aliphatic carbocycles. The molecule has 2 N–H and O–H groups in total. The zero-order valence-corrected chi connectivity index (χ0v) is 12.2. The smallest absolute Gasteiger partial charge is 0.170 e. The summed E-state index contributed by atoms with van der Waals surface area (Å²) in [6, 6.07) is 6.89. The van der Waals surface area contributed by atoms with Crippen LogP contribution in [0.2, 0.25) is 0 Å². The lowest BCUT2D eigenvalue weighted by molar-refractivity contribution is 0.572. The molecule has 2 unspecified atom stereocenters. The molecule has 0 spiro atoms. The average molecular weight is 262 g/mol. The number of hydrogen-bond donors (Lipinski definition) is 2. The van der Waals surface area contributed by atoms with E-state index < -0.39 is 0 Å². The van der Waals surface area contributed by atoms with Gasteiger partial charge in [0.1, 0.15) is 0 Å². The maximum atomic E-state index is 5.37. The summed E-state index contributed by atoms with van der Waals surface area (Å²) >= 11 is 5.37. The van der Waals surface area contributed by atoms with Crippen molar-refractivity contribution in [2.75, 3.05) is 5.32 Å². The van der Waals surface area contributed by atoms with Crippen molar-refractivity contribution in [1.82, 2.24) is 5.32 Å². The monoisotopic (exact) mass is 262 g/mol. The minimum atomic E-state index is 0.548. The molecule has 1 fully saturated rings. The lowest BCUT2D eigenvalue weighted by Crippen LogP contribution is -2.36. The highest BCUT2D eigenvalue weighted by Gasteiger charge is 2.21. The van der Waals surface area contributed by atoms with Gasteiger partial charge >= 0.3 is 0 Å². The van der Waals surface area contributed by atoms with Crippen LogP contribution in [-0.2, 0) is 0 Å². The molecule has 0 aromatic heterocycles. The van der Waals surface area contributed by atoms with Crippen LogP contribution in [0.5, 0.6) is 0 Å². The Labute approximate surface area is 115 Å². The largest absolute Gasteiger partial charge is 0.360 e. The van der Waals surface area contributed by atoms with Crippen LogP contribution in [0.1, 0.15) is 37.3 Å². The fraction of sp³-hybridized carbons (Fsp3) is 0.533. The normalized spacial score (nSPS) is 22.8. The van der Waals surface area contributed by atoms with Gasteiger partial charge in [0, 0.05) is 11.7 Å². The lowest BCUT2D eigenvalue weighted by Gasteiger charge is -2.16. The van der Waals surface area contributed by atoms with Gasteiger partial charge in [-0.2, -0.15) is 0 Å². The van der Waals surface area contributed by atoms with Crippen LogP contribution in [0.4, 0.5) is 5.69 Å². The molecule has 1 saturated carbocycles. The van der Waals surface area contributed by atoms with E-state index >= 15 is 0 Å². The number of thiocarbonyl (C=S) groups is 1. The summed E-state index contributed by atoms with van der Waals surface area (Å²) in [5.74, 6) is 0.826. The molecule has 1 aliphatic rings. The topological polar surface area (TPSA) is 24.1 Å². The van der Waals surface area contributed by atoms with Crippen LogP contribution in [0.15, 0.2) is 18.2 Å². The van der Waals surface area contributed by atoms with Gasteiger partial charge in [0.25, 0.3) is 0 Å². The summed E-state index contributed by atoms with van der Waals surface area (Å²) in [4.78, 5) is 0. The van der Waals surface area contributed by atoms with Crippen molar-refractivity contribution in [3.8, 4) is 0 Å². The number of anilines is 1. The van der Waals surface area contributed by atoms with E-state index in [2.05, 4.69) is 49.6 Å². The predicted molar refractivity (Wildman–Crippen MR) is 82.1 cm³/mol. The molecule has 0 heterocycles. The van der Waals surface area contributed by atoms with Crippen molar-refractivity contribution in [2.24, 2.45) is 5.92 Å². The number of aryl methyl sites for hydroxylation is 2. The van der Waals surface area contributed by atoms with Crippen molar-refractivity contribution >= 4 is 23.0 Å². The Bertz CT molecular complexity index is 442. The second kappa shape index (κ2) is 5.70. The molecule has 2 atom stereocenters. The minimum Gasteiger partial charge on any atom is -0.360 e. The minimum absolute atomic E-state index is 0.548. The molecule has 0 amide bonds. The van der Waals surface area contributed by atoms with E-state index in [4.69, 9.17) is 12.2 Å². The third-order valence-corrected chi connectivity index (χ3v) is 4.01. The standard InChI is InChI=1S/C15H22N2S/c1-10-4-6-13(8-10)16-15(18)17-14-7-5-11(2)12(3)9-14/h5,7,9-10,13H,4,6,8H2,1-3H3,(H2,16,17,18). The molecule has 2 rings (SSSR count). The summed E-state index contributed by atoms with van der Waals surface area (Å²) in [5.41, 5.74) is 3.67. The lowest BCUT2D eigenvalue weighted by atomic mass is 10.1. The molecular formula is C15H22N2S. The first-order valence-electron chi connectivity index (χ1n) is 6.69. The Morgan fingerprint density at radius 1 is 1.22 bits per heavy atom. The summed E-state index contributed by atoms with van der Waals surface area (Å²) in [6.07, 6.45) is 3.77. The Morgan fingerprint density at radius 2 is 2.00 bits per heavy atom.